The molecule has 1 heterocycles. The SMILES string of the molecule is CCCNC(c1cncn1C)C1CCCCC1CC. The lowest BCUT2D eigenvalue weighted by Crippen LogP contribution is -2.35. The van der Waals surface area contributed by atoms with Gasteiger partial charge in [-0.2, -0.15) is 0 Å². The maximum absolute atomic E-state index is 4.32. The minimum absolute atomic E-state index is 0.484. The van der Waals surface area contributed by atoms with Gasteiger partial charge in [0.2, 0.25) is 0 Å². The normalized spacial score (nSPS) is 25.4. The van der Waals surface area contributed by atoms with E-state index in [0.717, 1.165) is 18.4 Å². The van der Waals surface area contributed by atoms with Crippen molar-refractivity contribution in [2.24, 2.45) is 18.9 Å². The third-order valence-electron chi connectivity index (χ3n) is 4.71. The molecule has 1 N–H and O–H groups in total. The van der Waals surface area contributed by atoms with Crippen molar-refractivity contribution in [2.45, 2.75) is 58.4 Å². The van der Waals surface area contributed by atoms with Crippen molar-refractivity contribution < 1.29 is 0 Å². The molecule has 1 saturated carbocycles. The van der Waals surface area contributed by atoms with E-state index in [1.54, 1.807) is 0 Å². The number of nitrogens with zero attached hydrogens (tertiary/aromatic N) is 2. The van der Waals surface area contributed by atoms with Gasteiger partial charge in [-0.25, -0.2) is 4.98 Å². The third-order valence-corrected chi connectivity index (χ3v) is 4.71. The largest absolute Gasteiger partial charge is 0.336 e. The summed E-state index contributed by atoms with van der Waals surface area (Å²) < 4.78 is 2.19. The van der Waals surface area contributed by atoms with E-state index in [1.807, 2.05) is 6.33 Å². The molecule has 1 aromatic heterocycles. The Bertz CT molecular complexity index is 372. The molecule has 2 rings (SSSR count). The van der Waals surface area contributed by atoms with Gasteiger partial charge in [-0.3, -0.25) is 0 Å². The number of rotatable bonds is 6. The van der Waals surface area contributed by atoms with Gasteiger partial charge in [-0.05, 0) is 31.2 Å². The molecule has 0 radical (unpaired) electrons. The minimum atomic E-state index is 0.484. The monoisotopic (exact) mass is 263 g/mol. The summed E-state index contributed by atoms with van der Waals surface area (Å²) in [5.74, 6) is 1.65. The Hall–Kier alpha value is -0.830. The van der Waals surface area contributed by atoms with Gasteiger partial charge in [-0.15, -0.1) is 0 Å². The molecule has 1 fully saturated rings. The molecular weight excluding hydrogens is 234 g/mol. The summed E-state index contributed by atoms with van der Waals surface area (Å²) >= 11 is 0. The number of nitrogens with one attached hydrogen (secondary N) is 1. The number of hydrogen-bond acceptors (Lipinski definition) is 2. The summed E-state index contributed by atoms with van der Waals surface area (Å²) in [6.45, 7) is 5.69. The predicted octanol–water partition coefficient (Wildman–Crippen LogP) is 3.68. The Kier molecular flexibility index (Phi) is 5.44. The summed E-state index contributed by atoms with van der Waals surface area (Å²) in [5, 5.41) is 3.79. The predicted molar refractivity (Wildman–Crippen MR) is 80.0 cm³/mol. The second-order valence-corrected chi connectivity index (χ2v) is 5.98. The van der Waals surface area contributed by atoms with Crippen molar-refractivity contribution in [1.29, 1.82) is 0 Å². The van der Waals surface area contributed by atoms with Gasteiger partial charge in [0.25, 0.3) is 0 Å². The average molecular weight is 263 g/mol. The number of hydrogen-bond donors (Lipinski definition) is 1. The van der Waals surface area contributed by atoms with E-state index < -0.39 is 0 Å². The van der Waals surface area contributed by atoms with E-state index >= 15 is 0 Å². The van der Waals surface area contributed by atoms with E-state index in [9.17, 15) is 0 Å². The number of imidazole rings is 1. The van der Waals surface area contributed by atoms with Crippen LogP contribution in [0.4, 0.5) is 0 Å². The molecule has 0 aliphatic heterocycles. The van der Waals surface area contributed by atoms with Crippen LogP contribution in [-0.2, 0) is 7.05 Å². The summed E-state index contributed by atoms with van der Waals surface area (Å²) in [6, 6.07) is 0.484. The van der Waals surface area contributed by atoms with E-state index in [0.29, 0.717) is 6.04 Å². The van der Waals surface area contributed by atoms with Crippen LogP contribution in [0.15, 0.2) is 12.5 Å². The zero-order chi connectivity index (χ0) is 13.7. The van der Waals surface area contributed by atoms with E-state index in [-0.39, 0.29) is 0 Å². The quantitative estimate of drug-likeness (QED) is 0.848. The highest BCUT2D eigenvalue weighted by atomic mass is 15.1. The maximum Gasteiger partial charge on any atom is 0.0946 e. The van der Waals surface area contributed by atoms with Gasteiger partial charge < -0.3 is 9.88 Å². The zero-order valence-corrected chi connectivity index (χ0v) is 12.7. The molecule has 0 aromatic carbocycles. The van der Waals surface area contributed by atoms with Gasteiger partial charge in [0.05, 0.1) is 18.1 Å². The molecule has 3 nitrogen and oxygen atoms in total. The Morgan fingerprint density at radius 3 is 2.79 bits per heavy atom. The van der Waals surface area contributed by atoms with E-state index in [1.165, 1.54) is 44.2 Å². The number of aromatic nitrogens is 2. The minimum Gasteiger partial charge on any atom is -0.336 e. The molecule has 1 aliphatic rings. The van der Waals surface area contributed by atoms with Crippen LogP contribution in [0.2, 0.25) is 0 Å². The highest BCUT2D eigenvalue weighted by molar-refractivity contribution is 5.08. The second kappa shape index (κ2) is 7.09. The Labute approximate surface area is 117 Å². The fourth-order valence-corrected chi connectivity index (χ4v) is 3.62. The fraction of sp³-hybridized carbons (Fsp3) is 0.812. The Balaban J connectivity index is 2.18. The van der Waals surface area contributed by atoms with Crippen LogP contribution in [0.5, 0.6) is 0 Å². The van der Waals surface area contributed by atoms with Gasteiger partial charge in [-0.1, -0.05) is 39.5 Å². The molecular formula is C16H29N3. The van der Waals surface area contributed by atoms with Crippen LogP contribution >= 0.6 is 0 Å². The lowest BCUT2D eigenvalue weighted by molar-refractivity contribution is 0.171. The van der Waals surface area contributed by atoms with Crippen LogP contribution in [-0.4, -0.2) is 16.1 Å². The first kappa shape index (κ1) is 14.6. The maximum atomic E-state index is 4.32. The summed E-state index contributed by atoms with van der Waals surface area (Å²) in [7, 11) is 2.12. The van der Waals surface area contributed by atoms with Crippen molar-refractivity contribution in [2.75, 3.05) is 6.54 Å². The molecule has 3 atom stereocenters. The van der Waals surface area contributed by atoms with E-state index in [2.05, 4.69) is 42.0 Å². The van der Waals surface area contributed by atoms with Gasteiger partial charge >= 0.3 is 0 Å². The summed E-state index contributed by atoms with van der Waals surface area (Å²) in [5.41, 5.74) is 1.36. The average Bonchev–Trinajstić information content (AvgIpc) is 2.86. The molecule has 1 aromatic rings. The number of aryl methyl sites for hydroxylation is 1. The molecule has 1 aliphatic carbocycles. The summed E-state index contributed by atoms with van der Waals surface area (Å²) in [4.78, 5) is 4.32. The molecule has 0 amide bonds. The molecule has 0 bridgehead atoms. The van der Waals surface area contributed by atoms with Crippen molar-refractivity contribution in [1.82, 2.24) is 14.9 Å². The molecule has 108 valence electrons. The van der Waals surface area contributed by atoms with Crippen molar-refractivity contribution >= 4 is 0 Å². The third kappa shape index (κ3) is 3.38. The second-order valence-electron chi connectivity index (χ2n) is 5.98. The van der Waals surface area contributed by atoms with Crippen LogP contribution < -0.4 is 5.32 Å². The molecule has 0 spiro atoms. The standard InChI is InChI=1S/C16H29N3/c1-4-10-18-16(15-11-17-12-19(15)3)14-9-7-6-8-13(14)5-2/h11-14,16,18H,4-10H2,1-3H3. The van der Waals surface area contributed by atoms with Crippen LogP contribution in [0.3, 0.4) is 0 Å². The first-order chi connectivity index (χ1) is 9.27. The Morgan fingerprint density at radius 2 is 2.16 bits per heavy atom. The van der Waals surface area contributed by atoms with Crippen LogP contribution in [0.25, 0.3) is 0 Å². The first-order valence-electron chi connectivity index (χ1n) is 7.97. The highest BCUT2D eigenvalue weighted by Gasteiger charge is 2.32. The Morgan fingerprint density at radius 1 is 1.37 bits per heavy atom. The topological polar surface area (TPSA) is 29.9 Å². The van der Waals surface area contributed by atoms with Gasteiger partial charge in [0.1, 0.15) is 0 Å². The lowest BCUT2D eigenvalue weighted by atomic mass is 9.73. The molecule has 19 heavy (non-hydrogen) atoms. The van der Waals surface area contributed by atoms with Gasteiger partial charge in [0, 0.05) is 13.2 Å². The smallest absolute Gasteiger partial charge is 0.0946 e. The first-order valence-corrected chi connectivity index (χ1v) is 7.97. The lowest BCUT2D eigenvalue weighted by Gasteiger charge is -2.37. The molecule has 3 unspecified atom stereocenters. The van der Waals surface area contributed by atoms with Gasteiger partial charge in [0.15, 0.2) is 0 Å². The van der Waals surface area contributed by atoms with Crippen LogP contribution in [0, 0.1) is 11.8 Å². The molecule has 0 saturated heterocycles. The zero-order valence-electron chi connectivity index (χ0n) is 12.7. The van der Waals surface area contributed by atoms with Crippen molar-refractivity contribution in [3.8, 4) is 0 Å². The summed E-state index contributed by atoms with van der Waals surface area (Å²) in [6.07, 6.45) is 12.1. The van der Waals surface area contributed by atoms with E-state index in [4.69, 9.17) is 0 Å². The van der Waals surface area contributed by atoms with Crippen molar-refractivity contribution in [3.63, 3.8) is 0 Å². The highest BCUT2D eigenvalue weighted by Crippen LogP contribution is 2.40. The molecule has 3 heteroatoms. The van der Waals surface area contributed by atoms with Crippen LogP contribution in [0.1, 0.15) is 64.1 Å². The van der Waals surface area contributed by atoms with Crippen molar-refractivity contribution in [3.05, 3.63) is 18.2 Å². The fourth-order valence-electron chi connectivity index (χ4n) is 3.62.